The highest BCUT2D eigenvalue weighted by atomic mass is 15.1. The van der Waals surface area contributed by atoms with Gasteiger partial charge < -0.3 is 10.2 Å². The maximum absolute atomic E-state index is 3.52. The van der Waals surface area contributed by atoms with Gasteiger partial charge in [-0.25, -0.2) is 0 Å². The first-order valence-electron chi connectivity index (χ1n) is 7.76. The Bertz CT molecular complexity index is 501. The standard InChI is InChI=1S/C17H26N2/c1-11(2)15-12(3)13-7-5-9-19-10-6-8-14(17(13)19)16(15)18-4/h11,18H,5-10H2,1-4H3. The first-order chi connectivity index (χ1) is 9.15. The normalized spacial score (nSPS) is 17.6. The van der Waals surface area contributed by atoms with Gasteiger partial charge in [-0.15, -0.1) is 0 Å². The molecule has 2 aliphatic rings. The average molecular weight is 258 g/mol. The molecule has 2 heteroatoms. The summed E-state index contributed by atoms with van der Waals surface area (Å²) in [7, 11) is 2.09. The minimum absolute atomic E-state index is 0.598. The van der Waals surface area contributed by atoms with Crippen LogP contribution in [0.4, 0.5) is 11.4 Å². The van der Waals surface area contributed by atoms with Gasteiger partial charge in [0.15, 0.2) is 0 Å². The molecule has 2 nitrogen and oxygen atoms in total. The van der Waals surface area contributed by atoms with Crippen molar-refractivity contribution in [3.8, 4) is 0 Å². The molecule has 1 N–H and O–H groups in total. The Morgan fingerprint density at radius 3 is 2.26 bits per heavy atom. The van der Waals surface area contributed by atoms with Crippen LogP contribution in [0.2, 0.25) is 0 Å². The van der Waals surface area contributed by atoms with E-state index in [2.05, 4.69) is 38.0 Å². The largest absolute Gasteiger partial charge is 0.388 e. The number of rotatable bonds is 2. The summed E-state index contributed by atoms with van der Waals surface area (Å²) in [5, 5.41) is 3.52. The van der Waals surface area contributed by atoms with E-state index < -0.39 is 0 Å². The van der Waals surface area contributed by atoms with Crippen LogP contribution in [0.5, 0.6) is 0 Å². The van der Waals surface area contributed by atoms with E-state index in [4.69, 9.17) is 0 Å². The second-order valence-corrected chi connectivity index (χ2v) is 6.32. The number of hydrogen-bond acceptors (Lipinski definition) is 2. The Morgan fingerprint density at radius 1 is 1.05 bits per heavy atom. The molecule has 0 spiro atoms. The minimum atomic E-state index is 0.598. The number of nitrogens with zero attached hydrogens (tertiary/aromatic N) is 1. The van der Waals surface area contributed by atoms with Crippen molar-refractivity contribution in [1.29, 1.82) is 0 Å². The van der Waals surface area contributed by atoms with Crippen LogP contribution in [0, 0.1) is 6.92 Å². The van der Waals surface area contributed by atoms with Crippen molar-refractivity contribution < 1.29 is 0 Å². The van der Waals surface area contributed by atoms with Crippen LogP contribution >= 0.6 is 0 Å². The highest BCUT2D eigenvalue weighted by Crippen LogP contribution is 2.45. The van der Waals surface area contributed by atoms with Crippen molar-refractivity contribution in [3.63, 3.8) is 0 Å². The number of hydrogen-bond donors (Lipinski definition) is 1. The van der Waals surface area contributed by atoms with Gasteiger partial charge in [-0.2, -0.15) is 0 Å². The fourth-order valence-electron chi connectivity index (χ4n) is 4.16. The summed E-state index contributed by atoms with van der Waals surface area (Å²) < 4.78 is 0. The summed E-state index contributed by atoms with van der Waals surface area (Å²) in [6.45, 7) is 9.49. The lowest BCUT2D eigenvalue weighted by Gasteiger charge is -2.40. The molecule has 0 saturated heterocycles. The van der Waals surface area contributed by atoms with Gasteiger partial charge in [-0.1, -0.05) is 13.8 Å². The van der Waals surface area contributed by atoms with Crippen molar-refractivity contribution in [2.75, 3.05) is 30.4 Å². The van der Waals surface area contributed by atoms with E-state index in [-0.39, 0.29) is 0 Å². The van der Waals surface area contributed by atoms with E-state index in [0.717, 1.165) is 0 Å². The molecule has 2 heterocycles. The van der Waals surface area contributed by atoms with E-state index in [1.54, 1.807) is 27.9 Å². The van der Waals surface area contributed by atoms with Gasteiger partial charge in [-0.05, 0) is 60.8 Å². The van der Waals surface area contributed by atoms with Gasteiger partial charge >= 0.3 is 0 Å². The SMILES string of the molecule is CNc1c2c3c(c(C)c1C(C)C)CCCN3CCC2. The third-order valence-electron chi connectivity index (χ3n) is 4.85. The number of nitrogens with one attached hydrogen (secondary N) is 1. The lowest BCUT2D eigenvalue weighted by atomic mass is 9.82. The van der Waals surface area contributed by atoms with Gasteiger partial charge in [0.2, 0.25) is 0 Å². The zero-order chi connectivity index (χ0) is 13.6. The van der Waals surface area contributed by atoms with Gasteiger partial charge in [0, 0.05) is 31.5 Å². The van der Waals surface area contributed by atoms with Crippen molar-refractivity contribution in [2.45, 2.75) is 52.4 Å². The van der Waals surface area contributed by atoms with Crippen molar-refractivity contribution in [3.05, 3.63) is 22.3 Å². The second kappa shape index (κ2) is 4.73. The van der Waals surface area contributed by atoms with Crippen LogP contribution in [0.1, 0.15) is 54.9 Å². The monoisotopic (exact) mass is 258 g/mol. The second-order valence-electron chi connectivity index (χ2n) is 6.32. The maximum Gasteiger partial charge on any atom is 0.0454 e. The minimum Gasteiger partial charge on any atom is -0.388 e. The van der Waals surface area contributed by atoms with E-state index in [1.807, 2.05) is 0 Å². The Labute approximate surface area is 117 Å². The lowest BCUT2D eigenvalue weighted by Crippen LogP contribution is -2.35. The Kier molecular flexibility index (Phi) is 3.20. The van der Waals surface area contributed by atoms with Crippen LogP contribution in [0.15, 0.2) is 0 Å². The van der Waals surface area contributed by atoms with Gasteiger partial charge in [-0.3, -0.25) is 0 Å². The van der Waals surface area contributed by atoms with E-state index in [9.17, 15) is 0 Å². The van der Waals surface area contributed by atoms with Crippen molar-refractivity contribution in [1.82, 2.24) is 0 Å². The van der Waals surface area contributed by atoms with E-state index in [1.165, 1.54) is 44.5 Å². The molecule has 0 fully saturated rings. The van der Waals surface area contributed by atoms with Gasteiger partial charge in [0.1, 0.15) is 0 Å². The summed E-state index contributed by atoms with van der Waals surface area (Å²) in [6.07, 6.45) is 5.15. The molecule has 0 radical (unpaired) electrons. The van der Waals surface area contributed by atoms with Crippen LogP contribution in [-0.2, 0) is 12.8 Å². The molecule has 0 bridgehead atoms. The fourth-order valence-corrected chi connectivity index (χ4v) is 4.16. The fraction of sp³-hybridized carbons (Fsp3) is 0.647. The Balaban J connectivity index is 2.31. The molecule has 0 aliphatic carbocycles. The Hall–Kier alpha value is -1.18. The topological polar surface area (TPSA) is 15.3 Å². The first-order valence-corrected chi connectivity index (χ1v) is 7.76. The van der Waals surface area contributed by atoms with Crippen LogP contribution in [0.3, 0.4) is 0 Å². The van der Waals surface area contributed by atoms with Gasteiger partial charge in [0.25, 0.3) is 0 Å². The number of anilines is 2. The molecule has 3 rings (SSSR count). The first kappa shape index (κ1) is 12.8. The summed E-state index contributed by atoms with van der Waals surface area (Å²) in [5.41, 5.74) is 9.35. The quantitative estimate of drug-likeness (QED) is 0.866. The maximum atomic E-state index is 3.52. The van der Waals surface area contributed by atoms with Gasteiger partial charge in [0.05, 0.1) is 0 Å². The highest BCUT2D eigenvalue weighted by Gasteiger charge is 2.29. The Morgan fingerprint density at radius 2 is 1.68 bits per heavy atom. The zero-order valence-electron chi connectivity index (χ0n) is 12.8. The summed E-state index contributed by atoms with van der Waals surface area (Å²) in [4.78, 5) is 2.63. The summed E-state index contributed by atoms with van der Waals surface area (Å²) in [6, 6.07) is 0. The molecule has 0 saturated carbocycles. The predicted octanol–water partition coefficient (Wildman–Crippen LogP) is 3.86. The lowest BCUT2D eigenvalue weighted by molar-refractivity contribution is 0.630. The summed E-state index contributed by atoms with van der Waals surface area (Å²) >= 11 is 0. The van der Waals surface area contributed by atoms with E-state index >= 15 is 0 Å². The molecule has 0 unspecified atom stereocenters. The molecule has 1 aromatic rings. The molecular formula is C17H26N2. The summed E-state index contributed by atoms with van der Waals surface area (Å²) in [5.74, 6) is 0.598. The molecule has 1 aromatic carbocycles. The smallest absolute Gasteiger partial charge is 0.0454 e. The molecular weight excluding hydrogens is 232 g/mol. The number of benzene rings is 1. The molecule has 0 amide bonds. The predicted molar refractivity (Wildman–Crippen MR) is 83.7 cm³/mol. The van der Waals surface area contributed by atoms with E-state index in [0.29, 0.717) is 5.92 Å². The average Bonchev–Trinajstić information content (AvgIpc) is 2.41. The highest BCUT2D eigenvalue weighted by molar-refractivity contribution is 5.78. The van der Waals surface area contributed by atoms with Crippen LogP contribution < -0.4 is 10.2 Å². The van der Waals surface area contributed by atoms with Crippen LogP contribution in [-0.4, -0.2) is 20.1 Å². The molecule has 0 atom stereocenters. The van der Waals surface area contributed by atoms with Crippen LogP contribution in [0.25, 0.3) is 0 Å². The molecule has 2 aliphatic heterocycles. The third-order valence-corrected chi connectivity index (χ3v) is 4.85. The molecule has 19 heavy (non-hydrogen) atoms. The van der Waals surface area contributed by atoms with Crippen molar-refractivity contribution in [2.24, 2.45) is 0 Å². The third kappa shape index (κ3) is 1.84. The molecule has 0 aromatic heterocycles. The molecule has 104 valence electrons. The van der Waals surface area contributed by atoms with Crippen molar-refractivity contribution >= 4 is 11.4 Å². The zero-order valence-corrected chi connectivity index (χ0v) is 12.8.